The number of hydrogen-bond acceptors (Lipinski definition) is 2. The monoisotopic (exact) mass is 212 g/mol. The Bertz CT molecular complexity index is 167. The van der Waals surface area contributed by atoms with Crippen molar-refractivity contribution in [1.82, 2.24) is 10.2 Å². The molecule has 0 radical (unpaired) electrons. The zero-order chi connectivity index (χ0) is 11.3. The van der Waals surface area contributed by atoms with Crippen molar-refractivity contribution >= 4 is 0 Å². The van der Waals surface area contributed by atoms with E-state index < -0.39 is 0 Å². The maximum atomic E-state index is 3.51. The SMILES string of the molecule is CCC(CC)(CC)CN1CCNC(C)C1. The number of rotatable bonds is 5. The van der Waals surface area contributed by atoms with Crippen LogP contribution in [0.1, 0.15) is 47.0 Å². The van der Waals surface area contributed by atoms with Crippen molar-refractivity contribution < 1.29 is 0 Å². The van der Waals surface area contributed by atoms with Gasteiger partial charge in [-0.15, -0.1) is 0 Å². The van der Waals surface area contributed by atoms with Gasteiger partial charge in [-0.1, -0.05) is 20.8 Å². The second-order valence-corrected chi connectivity index (χ2v) is 5.15. The first kappa shape index (κ1) is 13.0. The predicted octanol–water partition coefficient (Wildman–Crippen LogP) is 2.50. The summed E-state index contributed by atoms with van der Waals surface area (Å²) in [5, 5.41) is 3.51. The smallest absolute Gasteiger partial charge is 0.0167 e. The van der Waals surface area contributed by atoms with Crippen molar-refractivity contribution in [3.63, 3.8) is 0 Å². The largest absolute Gasteiger partial charge is 0.312 e. The summed E-state index contributed by atoms with van der Waals surface area (Å²) < 4.78 is 0. The first-order valence-electron chi connectivity index (χ1n) is 6.61. The minimum absolute atomic E-state index is 0.567. The average molecular weight is 212 g/mol. The Morgan fingerprint density at radius 1 is 1.20 bits per heavy atom. The number of hydrogen-bond donors (Lipinski definition) is 1. The second kappa shape index (κ2) is 5.86. The molecule has 1 aliphatic heterocycles. The van der Waals surface area contributed by atoms with Crippen LogP contribution in [0.4, 0.5) is 0 Å². The Balaban J connectivity index is 2.49. The van der Waals surface area contributed by atoms with E-state index in [0.717, 1.165) is 6.54 Å². The van der Waals surface area contributed by atoms with Crippen LogP contribution >= 0.6 is 0 Å². The molecule has 1 aliphatic rings. The van der Waals surface area contributed by atoms with Gasteiger partial charge in [0.05, 0.1) is 0 Å². The van der Waals surface area contributed by atoms with Crippen LogP contribution in [0.2, 0.25) is 0 Å². The molecular formula is C13H28N2. The van der Waals surface area contributed by atoms with E-state index in [2.05, 4.69) is 37.9 Å². The van der Waals surface area contributed by atoms with Gasteiger partial charge in [0.25, 0.3) is 0 Å². The number of nitrogens with zero attached hydrogens (tertiary/aromatic N) is 1. The van der Waals surface area contributed by atoms with Gasteiger partial charge in [-0.25, -0.2) is 0 Å². The van der Waals surface area contributed by atoms with Crippen LogP contribution in [0.25, 0.3) is 0 Å². The van der Waals surface area contributed by atoms with Gasteiger partial charge in [0, 0.05) is 32.2 Å². The maximum absolute atomic E-state index is 3.51. The average Bonchev–Trinajstić information content (AvgIpc) is 2.26. The molecule has 2 heteroatoms. The van der Waals surface area contributed by atoms with Crippen molar-refractivity contribution in [1.29, 1.82) is 0 Å². The minimum Gasteiger partial charge on any atom is -0.312 e. The fourth-order valence-corrected chi connectivity index (χ4v) is 2.72. The first-order chi connectivity index (χ1) is 7.15. The molecule has 1 saturated heterocycles. The zero-order valence-electron chi connectivity index (χ0n) is 11.0. The van der Waals surface area contributed by atoms with Crippen LogP contribution in [0, 0.1) is 5.41 Å². The van der Waals surface area contributed by atoms with Gasteiger partial charge in [0.15, 0.2) is 0 Å². The fraction of sp³-hybridized carbons (Fsp3) is 1.00. The second-order valence-electron chi connectivity index (χ2n) is 5.15. The van der Waals surface area contributed by atoms with Crippen molar-refractivity contribution in [3.8, 4) is 0 Å². The van der Waals surface area contributed by atoms with Crippen LogP contribution in [0.15, 0.2) is 0 Å². The van der Waals surface area contributed by atoms with E-state index in [0.29, 0.717) is 11.5 Å². The quantitative estimate of drug-likeness (QED) is 0.753. The summed E-state index contributed by atoms with van der Waals surface area (Å²) in [6.07, 6.45) is 3.95. The molecular weight excluding hydrogens is 184 g/mol. The Morgan fingerprint density at radius 2 is 1.80 bits per heavy atom. The summed E-state index contributed by atoms with van der Waals surface area (Å²) >= 11 is 0. The highest BCUT2D eigenvalue weighted by Crippen LogP contribution is 2.31. The molecule has 0 aromatic carbocycles. The van der Waals surface area contributed by atoms with E-state index in [1.807, 2.05) is 0 Å². The molecule has 0 aliphatic carbocycles. The highest BCUT2D eigenvalue weighted by molar-refractivity contribution is 4.83. The minimum atomic E-state index is 0.567. The molecule has 1 atom stereocenters. The van der Waals surface area contributed by atoms with Gasteiger partial charge in [0.2, 0.25) is 0 Å². The normalized spacial score (nSPS) is 24.4. The lowest BCUT2D eigenvalue weighted by atomic mass is 9.79. The molecule has 0 saturated carbocycles. The van der Waals surface area contributed by atoms with Crippen LogP contribution in [-0.2, 0) is 0 Å². The molecule has 90 valence electrons. The molecule has 1 fully saturated rings. The summed E-state index contributed by atoms with van der Waals surface area (Å²) in [6, 6.07) is 0.669. The molecule has 0 aromatic rings. The van der Waals surface area contributed by atoms with Crippen molar-refractivity contribution in [2.24, 2.45) is 5.41 Å². The fourth-order valence-electron chi connectivity index (χ4n) is 2.72. The lowest BCUT2D eigenvalue weighted by molar-refractivity contribution is 0.108. The predicted molar refractivity (Wildman–Crippen MR) is 67.2 cm³/mol. The maximum Gasteiger partial charge on any atom is 0.0167 e. The van der Waals surface area contributed by atoms with Gasteiger partial charge in [0.1, 0.15) is 0 Å². The van der Waals surface area contributed by atoms with E-state index >= 15 is 0 Å². The van der Waals surface area contributed by atoms with Crippen molar-refractivity contribution in [2.75, 3.05) is 26.2 Å². The van der Waals surface area contributed by atoms with Crippen molar-refractivity contribution in [2.45, 2.75) is 53.0 Å². The molecule has 0 bridgehead atoms. The van der Waals surface area contributed by atoms with Crippen LogP contribution in [0.5, 0.6) is 0 Å². The van der Waals surface area contributed by atoms with Gasteiger partial charge < -0.3 is 5.32 Å². The number of nitrogens with one attached hydrogen (secondary N) is 1. The van der Waals surface area contributed by atoms with E-state index in [-0.39, 0.29) is 0 Å². The highest BCUT2D eigenvalue weighted by Gasteiger charge is 2.28. The third kappa shape index (κ3) is 3.46. The Labute approximate surface area is 95.4 Å². The molecule has 1 rings (SSSR count). The topological polar surface area (TPSA) is 15.3 Å². The standard InChI is InChI=1S/C13H28N2/c1-5-13(6-2,7-3)11-15-9-8-14-12(4)10-15/h12,14H,5-11H2,1-4H3. The molecule has 2 nitrogen and oxygen atoms in total. The lowest BCUT2D eigenvalue weighted by Crippen LogP contribution is -2.52. The summed E-state index contributed by atoms with van der Waals surface area (Å²) in [6.45, 7) is 14.2. The van der Waals surface area contributed by atoms with E-state index in [1.165, 1.54) is 38.9 Å². The van der Waals surface area contributed by atoms with Crippen molar-refractivity contribution in [3.05, 3.63) is 0 Å². The van der Waals surface area contributed by atoms with Crippen LogP contribution < -0.4 is 5.32 Å². The third-order valence-electron chi connectivity index (χ3n) is 4.26. The Morgan fingerprint density at radius 3 is 2.27 bits per heavy atom. The van der Waals surface area contributed by atoms with Gasteiger partial charge >= 0.3 is 0 Å². The van der Waals surface area contributed by atoms with E-state index in [9.17, 15) is 0 Å². The van der Waals surface area contributed by atoms with Crippen LogP contribution in [-0.4, -0.2) is 37.1 Å². The molecule has 15 heavy (non-hydrogen) atoms. The summed E-state index contributed by atoms with van der Waals surface area (Å²) in [7, 11) is 0. The number of piperazine rings is 1. The summed E-state index contributed by atoms with van der Waals surface area (Å²) in [5.74, 6) is 0. The molecule has 0 amide bonds. The highest BCUT2D eigenvalue weighted by atomic mass is 15.2. The van der Waals surface area contributed by atoms with Gasteiger partial charge in [-0.2, -0.15) is 0 Å². The molecule has 0 aromatic heterocycles. The molecule has 1 N–H and O–H groups in total. The van der Waals surface area contributed by atoms with Crippen LogP contribution in [0.3, 0.4) is 0 Å². The molecule has 1 heterocycles. The Hall–Kier alpha value is -0.0800. The molecule has 0 spiro atoms. The summed E-state index contributed by atoms with van der Waals surface area (Å²) in [4.78, 5) is 2.65. The van der Waals surface area contributed by atoms with Gasteiger partial charge in [-0.3, -0.25) is 4.90 Å². The lowest BCUT2D eigenvalue weighted by Gasteiger charge is -2.40. The van der Waals surface area contributed by atoms with E-state index in [1.54, 1.807) is 0 Å². The summed E-state index contributed by atoms with van der Waals surface area (Å²) in [5.41, 5.74) is 0.567. The molecule has 1 unspecified atom stereocenters. The third-order valence-corrected chi connectivity index (χ3v) is 4.26. The zero-order valence-corrected chi connectivity index (χ0v) is 11.0. The van der Waals surface area contributed by atoms with E-state index in [4.69, 9.17) is 0 Å². The first-order valence-corrected chi connectivity index (χ1v) is 6.61. The van der Waals surface area contributed by atoms with Gasteiger partial charge in [-0.05, 0) is 31.6 Å². The Kier molecular flexibility index (Phi) is 5.07.